The lowest BCUT2D eigenvalue weighted by Crippen LogP contribution is -2.39. The molecule has 88 valence electrons. The lowest BCUT2D eigenvalue weighted by molar-refractivity contribution is -0.138. The van der Waals surface area contributed by atoms with Crippen molar-refractivity contribution in [1.29, 1.82) is 0 Å². The van der Waals surface area contributed by atoms with Crippen molar-refractivity contribution in [3.8, 4) is 12.3 Å². The van der Waals surface area contributed by atoms with Gasteiger partial charge < -0.3 is 5.32 Å². The minimum Gasteiger partial charge on any atom is -0.305 e. The number of nitrogens with zero attached hydrogens (tertiary/aromatic N) is 1. The van der Waals surface area contributed by atoms with Crippen molar-refractivity contribution in [2.75, 3.05) is 24.6 Å². The number of hydrogen-bond acceptors (Lipinski definition) is 4. The summed E-state index contributed by atoms with van der Waals surface area (Å²) in [6.45, 7) is 2.97. The molecule has 1 fully saturated rings. The third-order valence-electron chi connectivity index (χ3n) is 2.38. The summed E-state index contributed by atoms with van der Waals surface area (Å²) in [7, 11) is 0. The van der Waals surface area contributed by atoms with Gasteiger partial charge in [-0.3, -0.25) is 14.5 Å². The summed E-state index contributed by atoms with van der Waals surface area (Å²) in [6.07, 6.45) is 5.40. The molecule has 0 radical (unpaired) electrons. The predicted octanol–water partition coefficient (Wildman–Crippen LogP) is 0.0898. The Morgan fingerprint density at radius 2 is 2.38 bits per heavy atom. The molecule has 2 amide bonds. The van der Waals surface area contributed by atoms with Crippen LogP contribution >= 0.6 is 11.8 Å². The van der Waals surface area contributed by atoms with Gasteiger partial charge in [0.05, 0.1) is 18.2 Å². The molecule has 0 saturated carbocycles. The van der Waals surface area contributed by atoms with Gasteiger partial charge in [-0.15, -0.1) is 18.2 Å². The summed E-state index contributed by atoms with van der Waals surface area (Å²) in [6, 6.07) is -0.334. The number of terminal acetylenes is 1. The summed E-state index contributed by atoms with van der Waals surface area (Å²) in [5.74, 6) is 3.89. The van der Waals surface area contributed by atoms with E-state index in [2.05, 4.69) is 11.2 Å². The number of amides is 2. The Hall–Kier alpha value is -0.990. The van der Waals surface area contributed by atoms with Crippen molar-refractivity contribution in [3.05, 3.63) is 0 Å². The fourth-order valence-corrected chi connectivity index (χ4v) is 2.14. The highest BCUT2D eigenvalue weighted by molar-refractivity contribution is 7.99. The molecule has 1 aliphatic rings. The van der Waals surface area contributed by atoms with E-state index in [1.807, 2.05) is 0 Å². The fraction of sp³-hybridized carbons (Fsp3) is 0.636. The number of thioether (sulfide) groups is 1. The first-order valence-corrected chi connectivity index (χ1v) is 6.45. The summed E-state index contributed by atoms with van der Waals surface area (Å²) in [5, 5.41) is 3.08. The van der Waals surface area contributed by atoms with Crippen LogP contribution in [0.3, 0.4) is 0 Å². The summed E-state index contributed by atoms with van der Waals surface area (Å²) < 4.78 is 0. The molecule has 0 aliphatic carbocycles. The molecule has 4 nitrogen and oxygen atoms in total. The van der Waals surface area contributed by atoms with Gasteiger partial charge in [-0.05, 0) is 6.92 Å². The molecular formula is C11H16N2O2S. The third-order valence-corrected chi connectivity index (χ3v) is 3.25. The largest absolute Gasteiger partial charge is 0.305 e. The Bertz CT molecular complexity index is 312. The normalized spacial score (nSPS) is 20.2. The first-order valence-electron chi connectivity index (χ1n) is 5.29. The zero-order valence-corrected chi connectivity index (χ0v) is 10.2. The summed E-state index contributed by atoms with van der Waals surface area (Å²) in [5.41, 5.74) is 0. The van der Waals surface area contributed by atoms with Crippen LogP contribution in [0, 0.1) is 12.3 Å². The van der Waals surface area contributed by atoms with Crippen molar-refractivity contribution in [1.82, 2.24) is 10.2 Å². The van der Waals surface area contributed by atoms with Crippen LogP contribution in [0.1, 0.15) is 13.3 Å². The van der Waals surface area contributed by atoms with E-state index in [0.717, 1.165) is 5.75 Å². The predicted molar refractivity (Wildman–Crippen MR) is 65.0 cm³/mol. The van der Waals surface area contributed by atoms with Gasteiger partial charge in [0.25, 0.3) is 0 Å². The van der Waals surface area contributed by atoms with Crippen molar-refractivity contribution < 1.29 is 9.59 Å². The molecule has 0 aromatic rings. The Morgan fingerprint density at radius 3 is 2.94 bits per heavy atom. The highest BCUT2D eigenvalue weighted by Crippen LogP contribution is 2.12. The number of nitrogens with one attached hydrogen (secondary N) is 1. The van der Waals surface area contributed by atoms with Crippen molar-refractivity contribution in [3.63, 3.8) is 0 Å². The lowest BCUT2D eigenvalue weighted by Gasteiger charge is -2.12. The van der Waals surface area contributed by atoms with Crippen molar-refractivity contribution in [2.45, 2.75) is 19.4 Å². The van der Waals surface area contributed by atoms with Gasteiger partial charge in [-0.2, -0.15) is 0 Å². The number of rotatable bonds is 6. The molecule has 1 aliphatic heterocycles. The zero-order valence-electron chi connectivity index (χ0n) is 9.36. The van der Waals surface area contributed by atoms with E-state index in [-0.39, 0.29) is 24.3 Å². The van der Waals surface area contributed by atoms with E-state index >= 15 is 0 Å². The number of carbonyl (C=O) groups excluding carboxylic acids is 2. The highest BCUT2D eigenvalue weighted by Gasteiger charge is 2.36. The Balaban J connectivity index is 2.26. The fourth-order valence-electron chi connectivity index (χ4n) is 1.61. The van der Waals surface area contributed by atoms with Crippen LogP contribution in [0.25, 0.3) is 0 Å². The van der Waals surface area contributed by atoms with Crippen molar-refractivity contribution in [2.24, 2.45) is 0 Å². The minimum atomic E-state index is -0.334. The molecule has 1 saturated heterocycles. The molecule has 1 N–H and O–H groups in total. The van der Waals surface area contributed by atoms with E-state index in [4.69, 9.17) is 6.42 Å². The summed E-state index contributed by atoms with van der Waals surface area (Å²) in [4.78, 5) is 24.4. The van der Waals surface area contributed by atoms with Crippen LogP contribution in [0.4, 0.5) is 0 Å². The number of hydrogen-bond donors (Lipinski definition) is 1. The second-order valence-electron chi connectivity index (χ2n) is 3.44. The highest BCUT2D eigenvalue weighted by atomic mass is 32.2. The molecule has 16 heavy (non-hydrogen) atoms. The average Bonchev–Trinajstić information content (AvgIpc) is 2.53. The monoisotopic (exact) mass is 240 g/mol. The first-order chi connectivity index (χ1) is 7.70. The van der Waals surface area contributed by atoms with Crippen LogP contribution in [0.2, 0.25) is 0 Å². The molecular weight excluding hydrogens is 224 g/mol. The smallest absolute Gasteiger partial charge is 0.246 e. The Morgan fingerprint density at radius 1 is 1.62 bits per heavy atom. The maximum absolute atomic E-state index is 11.7. The molecule has 1 rings (SSSR count). The topological polar surface area (TPSA) is 49.4 Å². The average molecular weight is 240 g/mol. The maximum Gasteiger partial charge on any atom is 0.246 e. The molecule has 0 aromatic carbocycles. The lowest BCUT2D eigenvalue weighted by atomic mass is 10.2. The number of carbonyl (C=O) groups is 2. The zero-order chi connectivity index (χ0) is 12.0. The van der Waals surface area contributed by atoms with Crippen LogP contribution in [-0.2, 0) is 9.59 Å². The van der Waals surface area contributed by atoms with E-state index in [9.17, 15) is 9.59 Å². The molecule has 0 aromatic heterocycles. The van der Waals surface area contributed by atoms with Gasteiger partial charge in [0.1, 0.15) is 0 Å². The number of likely N-dealkylation sites (tertiary alicyclic amines) is 1. The molecule has 1 unspecified atom stereocenters. The second-order valence-corrected chi connectivity index (χ2v) is 4.55. The van der Waals surface area contributed by atoms with Gasteiger partial charge in [0.2, 0.25) is 11.8 Å². The van der Waals surface area contributed by atoms with E-state index in [1.165, 1.54) is 4.90 Å². The third kappa shape index (κ3) is 3.26. The van der Waals surface area contributed by atoms with Gasteiger partial charge in [0.15, 0.2) is 0 Å². The SMILES string of the molecule is C#CCSCCNC1CC(=O)N(CC)C1=O. The maximum atomic E-state index is 11.7. The Kier molecular flexibility index (Phi) is 5.36. The van der Waals surface area contributed by atoms with E-state index in [0.29, 0.717) is 18.8 Å². The molecule has 5 heteroatoms. The standard InChI is InChI=1S/C11H16N2O2S/c1-3-6-16-7-5-12-9-8-10(14)13(4-2)11(9)15/h1,9,12H,4-8H2,2H3. The van der Waals surface area contributed by atoms with Crippen LogP contribution in [0.15, 0.2) is 0 Å². The molecule has 0 bridgehead atoms. The van der Waals surface area contributed by atoms with E-state index in [1.54, 1.807) is 18.7 Å². The van der Waals surface area contributed by atoms with Gasteiger partial charge in [-0.25, -0.2) is 0 Å². The van der Waals surface area contributed by atoms with Crippen LogP contribution in [0.5, 0.6) is 0 Å². The quantitative estimate of drug-likeness (QED) is 0.406. The molecule has 1 heterocycles. The Labute approximate surface area is 100 Å². The first kappa shape index (κ1) is 13.1. The van der Waals surface area contributed by atoms with E-state index < -0.39 is 0 Å². The second kappa shape index (κ2) is 6.56. The van der Waals surface area contributed by atoms with Crippen molar-refractivity contribution >= 4 is 23.6 Å². The van der Waals surface area contributed by atoms with Crippen LogP contribution in [-0.4, -0.2) is 47.4 Å². The number of likely N-dealkylation sites (N-methyl/N-ethyl adjacent to an activating group) is 1. The van der Waals surface area contributed by atoms with Gasteiger partial charge in [-0.1, -0.05) is 5.92 Å². The van der Waals surface area contributed by atoms with Gasteiger partial charge in [0, 0.05) is 18.8 Å². The molecule has 0 spiro atoms. The minimum absolute atomic E-state index is 0.0822. The molecule has 1 atom stereocenters. The number of imide groups is 1. The van der Waals surface area contributed by atoms with Gasteiger partial charge >= 0.3 is 0 Å². The van der Waals surface area contributed by atoms with Crippen LogP contribution < -0.4 is 5.32 Å². The summed E-state index contributed by atoms with van der Waals surface area (Å²) >= 11 is 1.64.